The van der Waals surface area contributed by atoms with Crippen molar-refractivity contribution in [1.82, 2.24) is 15.2 Å². The molecule has 0 spiro atoms. The number of carbonyl (C=O) groups excluding carboxylic acids is 1. The summed E-state index contributed by atoms with van der Waals surface area (Å²) in [6.07, 6.45) is 4.91. The molecule has 0 fully saturated rings. The number of carbonyl (C=O) groups is 1. The van der Waals surface area contributed by atoms with Crippen LogP contribution in [0.5, 0.6) is 5.75 Å². The average Bonchev–Trinajstić information content (AvgIpc) is 3.45. The number of nitrogens with zero attached hydrogens (tertiary/aromatic N) is 3. The summed E-state index contributed by atoms with van der Waals surface area (Å²) in [5.41, 5.74) is 6.05. The fourth-order valence-electron chi connectivity index (χ4n) is 2.98. The van der Waals surface area contributed by atoms with Crippen molar-refractivity contribution in [3.63, 3.8) is 0 Å². The van der Waals surface area contributed by atoms with Crippen molar-refractivity contribution in [2.24, 2.45) is 5.10 Å². The molecule has 2 aromatic heterocycles. The number of methoxy groups -OCH3 is 1. The fraction of sp³-hybridized carbons (Fsp3) is 0.0870. The molecule has 0 saturated heterocycles. The summed E-state index contributed by atoms with van der Waals surface area (Å²) in [4.78, 5) is 12.0. The van der Waals surface area contributed by atoms with Gasteiger partial charge >= 0.3 is 5.91 Å². The molecule has 2 aromatic carbocycles. The van der Waals surface area contributed by atoms with Crippen molar-refractivity contribution >= 4 is 12.1 Å². The van der Waals surface area contributed by atoms with Gasteiger partial charge in [-0.25, -0.2) is 5.43 Å². The quantitative estimate of drug-likeness (QED) is 0.376. The van der Waals surface area contributed by atoms with Gasteiger partial charge in [-0.15, -0.1) is 0 Å². The van der Waals surface area contributed by atoms with E-state index in [0.717, 1.165) is 28.1 Å². The van der Waals surface area contributed by atoms with E-state index in [-0.39, 0.29) is 5.76 Å². The highest BCUT2D eigenvalue weighted by Crippen LogP contribution is 2.24. The maximum atomic E-state index is 12.0. The zero-order valence-electron chi connectivity index (χ0n) is 16.4. The van der Waals surface area contributed by atoms with Gasteiger partial charge in [0, 0.05) is 17.3 Å². The van der Waals surface area contributed by atoms with E-state index in [1.807, 2.05) is 65.5 Å². The van der Waals surface area contributed by atoms with Gasteiger partial charge in [0.2, 0.25) is 0 Å². The summed E-state index contributed by atoms with van der Waals surface area (Å²) in [5.74, 6) is 0.546. The van der Waals surface area contributed by atoms with Crippen molar-refractivity contribution in [3.05, 3.63) is 96.1 Å². The van der Waals surface area contributed by atoms with Gasteiger partial charge in [-0.2, -0.15) is 10.2 Å². The zero-order chi connectivity index (χ0) is 20.8. The van der Waals surface area contributed by atoms with E-state index in [2.05, 4.69) is 10.5 Å². The Hall–Kier alpha value is -4.13. The second kappa shape index (κ2) is 8.91. The van der Waals surface area contributed by atoms with E-state index in [0.29, 0.717) is 6.54 Å². The number of aromatic nitrogens is 2. The van der Waals surface area contributed by atoms with Crippen LogP contribution in [0.1, 0.15) is 21.7 Å². The summed E-state index contributed by atoms with van der Waals surface area (Å²) in [5, 5.41) is 8.81. The summed E-state index contributed by atoms with van der Waals surface area (Å²) in [6.45, 7) is 0.622. The third-order valence-electron chi connectivity index (χ3n) is 4.46. The third kappa shape index (κ3) is 4.47. The Morgan fingerprint density at radius 3 is 2.63 bits per heavy atom. The first-order chi connectivity index (χ1) is 14.7. The Balaban J connectivity index is 1.60. The van der Waals surface area contributed by atoms with E-state index in [1.165, 1.54) is 6.26 Å². The van der Waals surface area contributed by atoms with E-state index in [9.17, 15) is 4.79 Å². The molecule has 7 heteroatoms. The maximum absolute atomic E-state index is 12.0. The summed E-state index contributed by atoms with van der Waals surface area (Å²) >= 11 is 0. The van der Waals surface area contributed by atoms with Gasteiger partial charge in [0.15, 0.2) is 5.76 Å². The average molecular weight is 400 g/mol. The molecule has 0 aliphatic rings. The molecule has 1 amide bonds. The van der Waals surface area contributed by atoms with Crippen LogP contribution in [0.3, 0.4) is 0 Å². The minimum absolute atomic E-state index is 0.197. The monoisotopic (exact) mass is 400 g/mol. The lowest BCUT2D eigenvalue weighted by molar-refractivity contribution is 0.0927. The van der Waals surface area contributed by atoms with Gasteiger partial charge in [0.1, 0.15) is 11.4 Å². The van der Waals surface area contributed by atoms with Crippen LogP contribution in [0.4, 0.5) is 0 Å². The predicted octanol–water partition coefficient (Wildman–Crippen LogP) is 3.96. The Labute approximate surface area is 173 Å². The van der Waals surface area contributed by atoms with Crippen LogP contribution in [0.15, 0.2) is 88.7 Å². The Morgan fingerprint density at radius 1 is 1.13 bits per heavy atom. The van der Waals surface area contributed by atoms with E-state index < -0.39 is 5.91 Å². The van der Waals surface area contributed by atoms with Crippen LogP contribution < -0.4 is 10.2 Å². The number of ether oxygens (including phenoxy) is 1. The SMILES string of the molecule is COc1ccc(-c2nn(Cc3ccccc3)cc2/C=N\NC(=O)c2ccco2)cc1. The number of rotatable bonds is 7. The first-order valence-electron chi connectivity index (χ1n) is 9.35. The van der Waals surface area contributed by atoms with Crippen LogP contribution in [0, 0.1) is 0 Å². The highest BCUT2D eigenvalue weighted by Gasteiger charge is 2.12. The number of hydrogen-bond donors (Lipinski definition) is 1. The van der Waals surface area contributed by atoms with Crippen molar-refractivity contribution in [1.29, 1.82) is 0 Å². The van der Waals surface area contributed by atoms with E-state index in [1.54, 1.807) is 25.5 Å². The molecule has 0 saturated carbocycles. The molecule has 0 bridgehead atoms. The number of benzene rings is 2. The zero-order valence-corrected chi connectivity index (χ0v) is 16.4. The first kappa shape index (κ1) is 19.2. The second-order valence-corrected chi connectivity index (χ2v) is 6.52. The van der Waals surface area contributed by atoms with Crippen molar-refractivity contribution in [3.8, 4) is 17.0 Å². The number of nitrogens with one attached hydrogen (secondary N) is 1. The van der Waals surface area contributed by atoms with Gasteiger partial charge in [-0.1, -0.05) is 30.3 Å². The molecule has 7 nitrogen and oxygen atoms in total. The smallest absolute Gasteiger partial charge is 0.307 e. The van der Waals surface area contributed by atoms with Crippen LogP contribution in [0.2, 0.25) is 0 Å². The minimum Gasteiger partial charge on any atom is -0.497 e. The topological polar surface area (TPSA) is 81.6 Å². The Kier molecular flexibility index (Phi) is 5.70. The molecule has 4 aromatic rings. The van der Waals surface area contributed by atoms with Gasteiger partial charge < -0.3 is 9.15 Å². The Morgan fingerprint density at radius 2 is 1.93 bits per heavy atom. The lowest BCUT2D eigenvalue weighted by Gasteiger charge is -2.03. The molecule has 0 unspecified atom stereocenters. The Bertz CT molecular complexity index is 1130. The highest BCUT2D eigenvalue weighted by atomic mass is 16.5. The summed E-state index contributed by atoms with van der Waals surface area (Å²) < 4.78 is 12.2. The number of furan rings is 1. The molecule has 30 heavy (non-hydrogen) atoms. The highest BCUT2D eigenvalue weighted by molar-refractivity contribution is 5.93. The second-order valence-electron chi connectivity index (χ2n) is 6.52. The third-order valence-corrected chi connectivity index (χ3v) is 4.46. The first-order valence-corrected chi connectivity index (χ1v) is 9.35. The summed E-state index contributed by atoms with van der Waals surface area (Å²) in [7, 11) is 1.63. The van der Waals surface area contributed by atoms with Gasteiger partial charge in [0.25, 0.3) is 0 Å². The van der Waals surface area contributed by atoms with E-state index >= 15 is 0 Å². The number of amides is 1. The standard InChI is InChI=1S/C23H20N4O3/c1-29-20-11-9-18(10-12-20)22-19(14-24-25-23(28)21-8-5-13-30-21)16-27(26-22)15-17-6-3-2-4-7-17/h2-14,16H,15H2,1H3,(H,25,28)/b24-14-. The van der Waals surface area contributed by atoms with Crippen molar-refractivity contribution in [2.45, 2.75) is 6.54 Å². The summed E-state index contributed by atoms with van der Waals surface area (Å²) in [6, 6.07) is 20.9. The molecular formula is C23H20N4O3. The van der Waals surface area contributed by atoms with Crippen molar-refractivity contribution in [2.75, 3.05) is 7.11 Å². The van der Waals surface area contributed by atoms with E-state index in [4.69, 9.17) is 14.3 Å². The van der Waals surface area contributed by atoms with Gasteiger partial charge in [-0.05, 0) is 42.0 Å². The molecule has 0 atom stereocenters. The molecule has 1 N–H and O–H groups in total. The lowest BCUT2D eigenvalue weighted by Crippen LogP contribution is -2.16. The van der Waals surface area contributed by atoms with Gasteiger partial charge in [0.05, 0.1) is 26.1 Å². The molecule has 0 aliphatic carbocycles. The van der Waals surface area contributed by atoms with Crippen LogP contribution in [0.25, 0.3) is 11.3 Å². The van der Waals surface area contributed by atoms with Crippen molar-refractivity contribution < 1.29 is 13.9 Å². The maximum Gasteiger partial charge on any atom is 0.307 e. The molecule has 0 radical (unpaired) electrons. The molecule has 0 aliphatic heterocycles. The van der Waals surface area contributed by atoms with Gasteiger partial charge in [-0.3, -0.25) is 9.48 Å². The van der Waals surface area contributed by atoms with Crippen LogP contribution in [-0.2, 0) is 6.54 Å². The predicted molar refractivity (Wildman–Crippen MR) is 114 cm³/mol. The molecule has 4 rings (SSSR count). The van der Waals surface area contributed by atoms with Crippen LogP contribution in [-0.4, -0.2) is 29.0 Å². The molecule has 150 valence electrons. The largest absolute Gasteiger partial charge is 0.497 e. The fourth-order valence-corrected chi connectivity index (χ4v) is 2.98. The number of hydrazone groups is 1. The minimum atomic E-state index is -0.418. The lowest BCUT2D eigenvalue weighted by atomic mass is 10.1. The molecule has 2 heterocycles. The normalized spacial score (nSPS) is 11.0. The number of hydrogen-bond acceptors (Lipinski definition) is 5. The van der Waals surface area contributed by atoms with Crippen LogP contribution >= 0.6 is 0 Å². The molecular weight excluding hydrogens is 380 g/mol.